The third-order valence-electron chi connectivity index (χ3n) is 3.74. The Hall–Kier alpha value is -1.30. The van der Waals surface area contributed by atoms with Crippen LogP contribution in [0.15, 0.2) is 0 Å². The molecule has 0 aliphatic carbocycles. The highest BCUT2D eigenvalue weighted by Gasteiger charge is 2.62. The van der Waals surface area contributed by atoms with Crippen molar-refractivity contribution in [2.75, 3.05) is 7.11 Å². The lowest BCUT2D eigenvalue weighted by Gasteiger charge is -2.30. The summed E-state index contributed by atoms with van der Waals surface area (Å²) in [6, 6.07) is -0.691. The molecule has 1 amide bonds. The standard InChI is InChI=1S/C13H21NO5/c1-12(2,3)19-11(16)14-8-5-6-9(14)13(17,7-8)10(15)18-4/h8-9,17H,5-7H2,1-4H3/t8-,9+,13?/m0/s1. The minimum absolute atomic E-state index is 0.149. The van der Waals surface area contributed by atoms with Crippen molar-refractivity contribution < 1.29 is 24.2 Å². The molecule has 0 aromatic heterocycles. The van der Waals surface area contributed by atoms with Gasteiger partial charge in [-0.3, -0.25) is 4.90 Å². The number of carbonyl (C=O) groups excluding carboxylic acids is 2. The number of amides is 1. The number of carbonyl (C=O) groups is 2. The maximum absolute atomic E-state index is 12.2. The van der Waals surface area contributed by atoms with E-state index in [1.807, 2.05) is 0 Å². The fraction of sp³-hybridized carbons (Fsp3) is 0.846. The van der Waals surface area contributed by atoms with Crippen LogP contribution in [0.25, 0.3) is 0 Å². The molecule has 6 nitrogen and oxygen atoms in total. The Balaban J connectivity index is 2.17. The zero-order chi connectivity index (χ0) is 14.4. The van der Waals surface area contributed by atoms with Crippen molar-refractivity contribution in [3.8, 4) is 0 Å². The molecule has 2 aliphatic rings. The van der Waals surface area contributed by atoms with Crippen LogP contribution in [-0.2, 0) is 14.3 Å². The fourth-order valence-electron chi connectivity index (χ4n) is 3.03. The van der Waals surface area contributed by atoms with Crippen molar-refractivity contribution in [2.45, 2.75) is 63.3 Å². The lowest BCUT2D eigenvalue weighted by atomic mass is 9.85. The van der Waals surface area contributed by atoms with Gasteiger partial charge in [0.2, 0.25) is 0 Å². The number of methoxy groups -OCH3 is 1. The molecular weight excluding hydrogens is 250 g/mol. The molecule has 2 rings (SSSR count). The van der Waals surface area contributed by atoms with Gasteiger partial charge in [-0.2, -0.15) is 0 Å². The SMILES string of the molecule is COC(=O)C1(O)C[C@@H]2CC[C@H]1N2C(=O)OC(C)(C)C. The number of fused-ring (bicyclic) bond motifs is 2. The van der Waals surface area contributed by atoms with E-state index in [1.54, 1.807) is 20.8 Å². The summed E-state index contributed by atoms with van der Waals surface area (Å²) >= 11 is 0. The molecule has 19 heavy (non-hydrogen) atoms. The van der Waals surface area contributed by atoms with Crippen LogP contribution in [0, 0.1) is 0 Å². The summed E-state index contributed by atoms with van der Waals surface area (Å²) in [6.45, 7) is 5.36. The van der Waals surface area contributed by atoms with Crippen molar-refractivity contribution in [1.82, 2.24) is 4.90 Å². The van der Waals surface area contributed by atoms with Crippen LogP contribution in [0.1, 0.15) is 40.0 Å². The maximum atomic E-state index is 12.2. The van der Waals surface area contributed by atoms with Crippen LogP contribution in [0.5, 0.6) is 0 Å². The normalized spacial score (nSPS) is 33.4. The van der Waals surface area contributed by atoms with Crippen LogP contribution in [0.3, 0.4) is 0 Å². The van der Waals surface area contributed by atoms with E-state index in [2.05, 4.69) is 4.74 Å². The van der Waals surface area contributed by atoms with E-state index in [4.69, 9.17) is 4.74 Å². The number of esters is 1. The Morgan fingerprint density at radius 3 is 2.47 bits per heavy atom. The lowest BCUT2D eigenvalue weighted by molar-refractivity contribution is -0.165. The van der Waals surface area contributed by atoms with Gasteiger partial charge in [0.25, 0.3) is 0 Å². The van der Waals surface area contributed by atoms with Gasteiger partial charge < -0.3 is 14.6 Å². The van der Waals surface area contributed by atoms with Crippen molar-refractivity contribution in [2.24, 2.45) is 0 Å². The second kappa shape index (κ2) is 4.37. The largest absolute Gasteiger partial charge is 0.467 e. The zero-order valence-electron chi connectivity index (χ0n) is 11.8. The molecule has 6 heteroatoms. The van der Waals surface area contributed by atoms with Crippen LogP contribution in [0.4, 0.5) is 4.79 Å². The van der Waals surface area contributed by atoms with Gasteiger partial charge in [0.15, 0.2) is 5.60 Å². The van der Waals surface area contributed by atoms with Gasteiger partial charge in [-0.15, -0.1) is 0 Å². The minimum Gasteiger partial charge on any atom is -0.467 e. The molecule has 0 saturated carbocycles. The van der Waals surface area contributed by atoms with Gasteiger partial charge in [-0.25, -0.2) is 9.59 Å². The van der Waals surface area contributed by atoms with Gasteiger partial charge in [-0.1, -0.05) is 0 Å². The van der Waals surface area contributed by atoms with E-state index >= 15 is 0 Å². The molecule has 2 aliphatic heterocycles. The summed E-state index contributed by atoms with van der Waals surface area (Å²) < 4.78 is 9.98. The molecule has 0 aromatic rings. The first-order valence-corrected chi connectivity index (χ1v) is 6.51. The Labute approximate surface area is 112 Å². The van der Waals surface area contributed by atoms with E-state index in [-0.39, 0.29) is 12.5 Å². The molecule has 0 spiro atoms. The molecule has 2 saturated heterocycles. The van der Waals surface area contributed by atoms with Crippen molar-refractivity contribution >= 4 is 12.1 Å². The lowest BCUT2D eigenvalue weighted by Crippen LogP contribution is -2.51. The molecule has 0 aromatic carbocycles. The van der Waals surface area contributed by atoms with Crippen LogP contribution >= 0.6 is 0 Å². The average Bonchev–Trinajstić information content (AvgIpc) is 2.80. The van der Waals surface area contributed by atoms with Gasteiger partial charge in [0, 0.05) is 12.5 Å². The fourth-order valence-corrected chi connectivity index (χ4v) is 3.03. The second-order valence-corrected chi connectivity index (χ2v) is 6.25. The van der Waals surface area contributed by atoms with E-state index < -0.39 is 29.3 Å². The first-order valence-electron chi connectivity index (χ1n) is 6.51. The molecule has 3 atom stereocenters. The van der Waals surface area contributed by atoms with Gasteiger partial charge in [-0.05, 0) is 33.6 Å². The summed E-state index contributed by atoms with van der Waals surface area (Å²) in [5, 5.41) is 10.4. The third kappa shape index (κ3) is 2.29. The average molecular weight is 271 g/mol. The number of hydrogen-bond acceptors (Lipinski definition) is 5. The van der Waals surface area contributed by atoms with E-state index in [1.165, 1.54) is 12.0 Å². The highest BCUT2D eigenvalue weighted by atomic mass is 16.6. The Bertz CT molecular complexity index is 402. The third-order valence-corrected chi connectivity index (χ3v) is 3.74. The van der Waals surface area contributed by atoms with E-state index in [0.29, 0.717) is 6.42 Å². The monoisotopic (exact) mass is 271 g/mol. The number of rotatable bonds is 1. The number of hydrogen-bond donors (Lipinski definition) is 1. The smallest absolute Gasteiger partial charge is 0.410 e. The highest BCUT2D eigenvalue weighted by Crippen LogP contribution is 2.45. The molecule has 108 valence electrons. The second-order valence-electron chi connectivity index (χ2n) is 6.25. The first kappa shape index (κ1) is 14.1. The van der Waals surface area contributed by atoms with Gasteiger partial charge >= 0.3 is 12.1 Å². The summed E-state index contributed by atoms with van der Waals surface area (Å²) in [4.78, 5) is 25.4. The summed E-state index contributed by atoms with van der Waals surface area (Å²) in [7, 11) is 1.24. The molecule has 1 unspecified atom stereocenters. The molecule has 2 bridgehead atoms. The predicted molar refractivity (Wildman–Crippen MR) is 66.5 cm³/mol. The van der Waals surface area contributed by atoms with Gasteiger partial charge in [0.05, 0.1) is 13.2 Å². The topological polar surface area (TPSA) is 76.1 Å². The summed E-state index contributed by atoms with van der Waals surface area (Å²) in [5.41, 5.74) is -2.18. The van der Waals surface area contributed by atoms with Crippen LogP contribution in [-0.4, -0.2) is 52.5 Å². The molecule has 2 fully saturated rings. The summed E-state index contributed by atoms with van der Waals surface area (Å²) in [5.74, 6) is -0.673. The number of aliphatic hydroxyl groups is 1. The predicted octanol–water partition coefficient (Wildman–Crippen LogP) is 1.06. The van der Waals surface area contributed by atoms with Crippen molar-refractivity contribution in [1.29, 1.82) is 0 Å². The maximum Gasteiger partial charge on any atom is 0.410 e. The minimum atomic E-state index is -1.59. The Morgan fingerprint density at radius 1 is 1.32 bits per heavy atom. The first-order chi connectivity index (χ1) is 8.69. The van der Waals surface area contributed by atoms with Gasteiger partial charge in [0.1, 0.15) is 5.60 Å². The Morgan fingerprint density at radius 2 is 1.95 bits per heavy atom. The zero-order valence-corrected chi connectivity index (χ0v) is 11.8. The molecular formula is C13H21NO5. The van der Waals surface area contributed by atoms with E-state index in [9.17, 15) is 14.7 Å². The van der Waals surface area contributed by atoms with Crippen LogP contribution in [0.2, 0.25) is 0 Å². The number of ether oxygens (including phenoxy) is 2. The highest BCUT2D eigenvalue weighted by molar-refractivity contribution is 5.83. The molecule has 0 radical (unpaired) electrons. The quantitative estimate of drug-likeness (QED) is 0.722. The van der Waals surface area contributed by atoms with Crippen molar-refractivity contribution in [3.05, 3.63) is 0 Å². The number of nitrogens with zero attached hydrogens (tertiary/aromatic N) is 1. The van der Waals surface area contributed by atoms with Crippen LogP contribution < -0.4 is 0 Å². The van der Waals surface area contributed by atoms with Crippen molar-refractivity contribution in [3.63, 3.8) is 0 Å². The Kier molecular flexibility index (Phi) is 3.24. The molecule has 1 N–H and O–H groups in total. The summed E-state index contributed by atoms with van der Waals surface area (Å²) in [6.07, 6.45) is 1.13. The molecule has 2 heterocycles. The van der Waals surface area contributed by atoms with E-state index in [0.717, 1.165) is 6.42 Å².